The number of rotatable bonds is 5. The fraction of sp³-hybridized carbons (Fsp3) is 0.231. The van der Waals surface area contributed by atoms with E-state index in [0.717, 1.165) is 17.1 Å². The van der Waals surface area contributed by atoms with Crippen molar-refractivity contribution in [3.63, 3.8) is 0 Å². The Morgan fingerprint density at radius 1 is 0.523 bits per heavy atom. The zero-order valence-electron chi connectivity index (χ0n) is 26.3. The van der Waals surface area contributed by atoms with Gasteiger partial charge in [-0.15, -0.1) is 0 Å². The third-order valence-corrected chi connectivity index (χ3v) is 10.4. The van der Waals surface area contributed by atoms with Crippen molar-refractivity contribution in [1.29, 1.82) is 0 Å². The van der Waals surface area contributed by atoms with Gasteiger partial charge in [0.2, 0.25) is 0 Å². The van der Waals surface area contributed by atoms with Crippen LogP contribution in [-0.4, -0.2) is 12.7 Å². The molecule has 5 aromatic rings. The minimum atomic E-state index is -0.355. The Hall–Kier alpha value is -4.48. The van der Waals surface area contributed by atoms with E-state index in [0.29, 0.717) is 5.75 Å². The van der Waals surface area contributed by atoms with Crippen LogP contribution in [0.15, 0.2) is 103 Å². The molecule has 4 nitrogen and oxygen atoms in total. The van der Waals surface area contributed by atoms with Crippen LogP contribution in [0.5, 0.6) is 5.75 Å². The normalized spacial score (nSPS) is 17.0. The van der Waals surface area contributed by atoms with E-state index in [4.69, 9.17) is 4.65 Å². The summed E-state index contributed by atoms with van der Waals surface area (Å²) in [4.78, 5) is 4.93. The molecule has 0 radical (unpaired) electrons. The summed E-state index contributed by atoms with van der Waals surface area (Å²) in [5.41, 5.74) is 14.1. The van der Waals surface area contributed by atoms with E-state index in [1.54, 1.807) is 0 Å². The molecule has 0 unspecified atom stereocenters. The lowest BCUT2D eigenvalue weighted by atomic mass is 9.60. The first-order valence-electron chi connectivity index (χ1n) is 15.5. The van der Waals surface area contributed by atoms with Gasteiger partial charge in [0.25, 0.3) is 0 Å². The van der Waals surface area contributed by atoms with Gasteiger partial charge in [0.15, 0.2) is 0 Å². The molecule has 0 atom stereocenters. The predicted molar refractivity (Wildman–Crippen MR) is 182 cm³/mol. The highest BCUT2D eigenvalue weighted by Gasteiger charge is 2.52. The fourth-order valence-corrected chi connectivity index (χ4v) is 8.07. The first-order valence-corrected chi connectivity index (χ1v) is 15.5. The zero-order valence-corrected chi connectivity index (χ0v) is 26.3. The Labute approximate surface area is 260 Å². The van der Waals surface area contributed by atoms with Gasteiger partial charge in [-0.1, -0.05) is 96.1 Å². The number of benzene rings is 5. The number of nitrogens with zero attached hydrogens (tertiary/aromatic N) is 2. The first-order chi connectivity index (χ1) is 21.1. The molecular weight excluding hydrogens is 539 g/mol. The van der Waals surface area contributed by atoms with E-state index in [2.05, 4.69) is 154 Å². The molecule has 218 valence electrons. The van der Waals surface area contributed by atoms with E-state index in [-0.39, 0.29) is 23.9 Å². The van der Waals surface area contributed by atoms with Gasteiger partial charge in [-0.2, -0.15) is 0 Å². The van der Waals surface area contributed by atoms with Gasteiger partial charge in [0.1, 0.15) is 5.75 Å². The monoisotopic (exact) mass is 576 g/mol. The van der Waals surface area contributed by atoms with E-state index in [1.165, 1.54) is 50.4 Å². The number of hydrogen-bond donors (Lipinski definition) is 1. The molecule has 8 rings (SSSR count). The molecule has 3 aliphatic rings. The van der Waals surface area contributed by atoms with Crippen LogP contribution in [0.25, 0.3) is 0 Å². The highest BCUT2D eigenvalue weighted by atomic mass is 16.5. The van der Waals surface area contributed by atoms with Crippen LogP contribution in [0.1, 0.15) is 74.9 Å². The van der Waals surface area contributed by atoms with Crippen molar-refractivity contribution in [2.24, 2.45) is 0 Å². The number of para-hydroxylation sites is 3. The smallest absolute Gasteiger partial charge is 0.504 e. The lowest BCUT2D eigenvalue weighted by molar-refractivity contribution is 0.450. The summed E-state index contributed by atoms with van der Waals surface area (Å²) in [7, 11) is -0.355. The van der Waals surface area contributed by atoms with Crippen LogP contribution >= 0.6 is 0 Å². The van der Waals surface area contributed by atoms with Crippen molar-refractivity contribution >= 4 is 41.8 Å². The molecule has 3 aliphatic heterocycles. The van der Waals surface area contributed by atoms with Crippen molar-refractivity contribution in [2.75, 3.05) is 9.80 Å². The van der Waals surface area contributed by atoms with Crippen molar-refractivity contribution in [3.8, 4) is 5.75 Å². The molecule has 5 aromatic carbocycles. The SMILES string of the molecule is CC1(C)c2cccc3c2N2c4c1cc(OBO)cc4C(C)(C)c1cc(N(c4ccccc4)c4ccccc4)cc(c12)C3(C)C. The number of hydrogen-bond acceptors (Lipinski definition) is 4. The molecule has 1 N–H and O–H groups in total. The van der Waals surface area contributed by atoms with Crippen molar-refractivity contribution in [1.82, 2.24) is 0 Å². The van der Waals surface area contributed by atoms with Gasteiger partial charge < -0.3 is 19.5 Å². The van der Waals surface area contributed by atoms with Gasteiger partial charge in [-0.05, 0) is 81.9 Å². The maximum atomic E-state index is 9.81. The van der Waals surface area contributed by atoms with E-state index in [9.17, 15) is 5.02 Å². The quantitative estimate of drug-likeness (QED) is 0.212. The minimum absolute atomic E-state index is 0.234. The van der Waals surface area contributed by atoms with Crippen LogP contribution < -0.4 is 14.5 Å². The Bertz CT molecular complexity index is 1920. The summed E-state index contributed by atoms with van der Waals surface area (Å²) < 4.78 is 5.81. The van der Waals surface area contributed by atoms with Crippen molar-refractivity contribution < 1.29 is 9.68 Å². The lowest BCUT2D eigenvalue weighted by Crippen LogP contribution is -2.43. The molecule has 5 heteroatoms. The van der Waals surface area contributed by atoms with Gasteiger partial charge in [-0.3, -0.25) is 0 Å². The summed E-state index contributed by atoms with van der Waals surface area (Å²) in [6.45, 7) is 14.1. The summed E-state index contributed by atoms with van der Waals surface area (Å²) >= 11 is 0. The molecule has 0 spiro atoms. The minimum Gasteiger partial charge on any atom is -0.539 e. The second-order valence-electron chi connectivity index (χ2n) is 13.9. The first kappa shape index (κ1) is 27.1. The van der Waals surface area contributed by atoms with Crippen molar-refractivity contribution in [2.45, 2.75) is 57.8 Å². The van der Waals surface area contributed by atoms with Gasteiger partial charge in [0, 0.05) is 33.3 Å². The Morgan fingerprint density at radius 3 is 1.39 bits per heavy atom. The van der Waals surface area contributed by atoms with Crippen LogP contribution in [0.2, 0.25) is 0 Å². The van der Waals surface area contributed by atoms with Gasteiger partial charge in [-0.25, -0.2) is 0 Å². The van der Waals surface area contributed by atoms with Crippen molar-refractivity contribution in [3.05, 3.63) is 137 Å². The third-order valence-electron chi connectivity index (χ3n) is 10.4. The Balaban J connectivity index is 1.50. The number of anilines is 6. The third kappa shape index (κ3) is 3.45. The molecule has 3 heterocycles. The summed E-state index contributed by atoms with van der Waals surface area (Å²) in [5, 5.41) is 9.81. The summed E-state index contributed by atoms with van der Waals surface area (Å²) in [6, 6.07) is 37.3. The Morgan fingerprint density at radius 2 is 0.932 bits per heavy atom. The molecule has 0 fully saturated rings. The van der Waals surface area contributed by atoms with Crippen LogP contribution in [-0.2, 0) is 16.2 Å². The van der Waals surface area contributed by atoms with Crippen LogP contribution in [0, 0.1) is 0 Å². The largest absolute Gasteiger partial charge is 0.539 e. The van der Waals surface area contributed by atoms with Crippen LogP contribution in [0.3, 0.4) is 0 Å². The van der Waals surface area contributed by atoms with E-state index in [1.807, 2.05) is 0 Å². The molecule has 0 bridgehead atoms. The summed E-state index contributed by atoms with van der Waals surface area (Å²) in [6.07, 6.45) is 0. The maximum absolute atomic E-state index is 9.81. The van der Waals surface area contributed by atoms with Gasteiger partial charge in [0.05, 0.1) is 17.1 Å². The second-order valence-corrected chi connectivity index (χ2v) is 13.9. The predicted octanol–water partition coefficient (Wildman–Crippen LogP) is 9.18. The fourth-order valence-electron chi connectivity index (χ4n) is 8.07. The highest BCUT2D eigenvalue weighted by Crippen LogP contribution is 2.67. The average Bonchev–Trinajstić information content (AvgIpc) is 3.01. The summed E-state index contributed by atoms with van der Waals surface area (Å²) in [5.74, 6) is 0.703. The molecule has 0 aromatic heterocycles. The molecule has 0 saturated heterocycles. The zero-order chi connectivity index (χ0) is 30.6. The maximum Gasteiger partial charge on any atom is 0.504 e. The molecule has 0 aliphatic carbocycles. The molecule has 0 amide bonds. The van der Waals surface area contributed by atoms with Crippen LogP contribution in [0.4, 0.5) is 34.1 Å². The van der Waals surface area contributed by atoms with Gasteiger partial charge >= 0.3 is 7.69 Å². The lowest BCUT2D eigenvalue weighted by Gasteiger charge is -2.55. The standard InChI is InChI=1S/C39H37BN2O2/c1-37(2)28-18-13-19-29-34(28)42-35-30(37)20-26(41(24-14-9-7-10-15-24)25-16-11-8-12-17-25)21-31(35)39(5,6)33-23-27(44-40-43)22-32(36(33)42)38(29,3)4/h7-23,40,43H,1-6H3. The highest BCUT2D eigenvalue weighted by molar-refractivity contribution is 6.17. The molecular formula is C39H37BN2O2. The molecule has 0 saturated carbocycles. The van der Waals surface area contributed by atoms with E-state index < -0.39 is 0 Å². The Kier molecular flexibility index (Phi) is 5.56. The average molecular weight is 577 g/mol. The second kappa shape index (κ2) is 9.03. The van der Waals surface area contributed by atoms with E-state index >= 15 is 0 Å². The molecule has 44 heavy (non-hydrogen) atoms. The topological polar surface area (TPSA) is 35.9 Å².